The van der Waals surface area contributed by atoms with E-state index in [9.17, 15) is 4.79 Å². The number of hydrogen-bond acceptors (Lipinski definition) is 4. The van der Waals surface area contributed by atoms with Gasteiger partial charge in [0, 0.05) is 6.61 Å². The first-order valence-electron chi connectivity index (χ1n) is 10.7. The van der Waals surface area contributed by atoms with Gasteiger partial charge in [-0.1, -0.05) is 44.1 Å². The summed E-state index contributed by atoms with van der Waals surface area (Å²) < 4.78 is 17.2. The molecule has 0 radical (unpaired) electrons. The number of rotatable bonds is 12. The van der Waals surface area contributed by atoms with Crippen LogP contribution >= 0.6 is 0 Å². The van der Waals surface area contributed by atoms with Crippen LogP contribution in [0.1, 0.15) is 91.9 Å². The van der Waals surface area contributed by atoms with Crippen LogP contribution in [0.25, 0.3) is 0 Å². The minimum atomic E-state index is -0.471. The summed E-state index contributed by atoms with van der Waals surface area (Å²) in [5.41, 5.74) is -0.471. The highest BCUT2D eigenvalue weighted by Gasteiger charge is 2.24. The molecule has 0 aromatic rings. The van der Waals surface area contributed by atoms with Gasteiger partial charge in [0.05, 0.1) is 12.5 Å². The first-order chi connectivity index (χ1) is 12.9. The van der Waals surface area contributed by atoms with Gasteiger partial charge in [0.2, 0.25) is 0 Å². The molecule has 1 aliphatic rings. The monoisotopic (exact) mass is 380 g/mol. The molecule has 0 aromatic heterocycles. The maximum Gasteiger partial charge on any atom is 0.308 e. The van der Waals surface area contributed by atoms with E-state index in [1.54, 1.807) is 0 Å². The molecular weight excluding hydrogens is 340 g/mol. The molecule has 1 rings (SSSR count). The zero-order valence-corrected chi connectivity index (χ0v) is 17.9. The van der Waals surface area contributed by atoms with E-state index in [-0.39, 0.29) is 24.8 Å². The fourth-order valence-corrected chi connectivity index (χ4v) is 2.94. The Morgan fingerprint density at radius 1 is 1.15 bits per heavy atom. The third kappa shape index (κ3) is 13.7. The van der Waals surface area contributed by atoms with Gasteiger partial charge < -0.3 is 14.2 Å². The maximum atomic E-state index is 12.2. The van der Waals surface area contributed by atoms with Gasteiger partial charge in [-0.3, -0.25) is 4.79 Å². The number of esters is 1. The molecule has 0 N–H and O–H groups in total. The standard InChI is InChI=1S/C23H40O4/c1-5-6-7-8-9-10-11-12-13-16-20(19-21(24)27-23(2,3)4)26-22-17-14-15-18-25-22/h9-10,12-13,20,22H,5-8,11,14-19H2,1-4H3/b10-9-,13-12-/t20?,22-/m1/s1. The van der Waals surface area contributed by atoms with Crippen LogP contribution in [0.3, 0.4) is 0 Å². The summed E-state index contributed by atoms with van der Waals surface area (Å²) in [6, 6.07) is 0. The molecule has 0 bridgehead atoms. The zero-order valence-electron chi connectivity index (χ0n) is 17.9. The van der Waals surface area contributed by atoms with Gasteiger partial charge in [0.25, 0.3) is 0 Å². The van der Waals surface area contributed by atoms with Crippen molar-refractivity contribution in [2.75, 3.05) is 6.61 Å². The van der Waals surface area contributed by atoms with Crippen LogP contribution in [-0.4, -0.2) is 30.6 Å². The number of ether oxygens (including phenoxy) is 3. The molecule has 27 heavy (non-hydrogen) atoms. The van der Waals surface area contributed by atoms with Crippen molar-refractivity contribution in [3.8, 4) is 0 Å². The molecule has 2 atom stereocenters. The molecule has 1 fully saturated rings. The number of carbonyl (C=O) groups is 1. The molecular formula is C23H40O4. The summed E-state index contributed by atoms with van der Waals surface area (Å²) in [6.07, 6.45) is 18.3. The van der Waals surface area contributed by atoms with Gasteiger partial charge in [-0.25, -0.2) is 0 Å². The Morgan fingerprint density at radius 3 is 2.59 bits per heavy atom. The second-order valence-electron chi connectivity index (χ2n) is 8.25. The van der Waals surface area contributed by atoms with Crippen molar-refractivity contribution in [2.24, 2.45) is 0 Å². The van der Waals surface area contributed by atoms with E-state index in [0.29, 0.717) is 6.42 Å². The molecule has 156 valence electrons. The third-order valence-corrected chi connectivity index (χ3v) is 4.28. The average molecular weight is 381 g/mol. The molecule has 0 aromatic carbocycles. The Morgan fingerprint density at radius 2 is 1.93 bits per heavy atom. The minimum absolute atomic E-state index is 0.196. The molecule has 1 aliphatic heterocycles. The largest absolute Gasteiger partial charge is 0.460 e. The SMILES string of the molecule is CCCCC/C=C\C/C=C\CC(CC(=O)OC(C)(C)C)O[C@@H]1CCCCO1. The van der Waals surface area contributed by atoms with E-state index in [1.165, 1.54) is 19.3 Å². The van der Waals surface area contributed by atoms with Crippen LogP contribution in [0.2, 0.25) is 0 Å². The highest BCUT2D eigenvalue weighted by Crippen LogP contribution is 2.20. The molecule has 1 heterocycles. The summed E-state index contributed by atoms with van der Waals surface area (Å²) in [6.45, 7) is 8.62. The van der Waals surface area contributed by atoms with Crippen LogP contribution in [0.4, 0.5) is 0 Å². The van der Waals surface area contributed by atoms with Gasteiger partial charge in [0.15, 0.2) is 6.29 Å². The number of carbonyl (C=O) groups excluding carboxylic acids is 1. The molecule has 0 amide bonds. The first-order valence-corrected chi connectivity index (χ1v) is 10.7. The second-order valence-corrected chi connectivity index (χ2v) is 8.25. The van der Waals surface area contributed by atoms with Crippen molar-refractivity contribution in [1.29, 1.82) is 0 Å². The van der Waals surface area contributed by atoms with Gasteiger partial charge >= 0.3 is 5.97 Å². The quantitative estimate of drug-likeness (QED) is 0.233. The van der Waals surface area contributed by atoms with Crippen molar-refractivity contribution < 1.29 is 19.0 Å². The van der Waals surface area contributed by atoms with E-state index >= 15 is 0 Å². The van der Waals surface area contributed by atoms with Crippen LogP contribution < -0.4 is 0 Å². The van der Waals surface area contributed by atoms with E-state index in [1.807, 2.05) is 20.8 Å². The zero-order chi connectivity index (χ0) is 20.0. The fourth-order valence-electron chi connectivity index (χ4n) is 2.94. The number of unbranched alkanes of at least 4 members (excludes halogenated alkanes) is 3. The highest BCUT2D eigenvalue weighted by molar-refractivity contribution is 5.70. The van der Waals surface area contributed by atoms with Crippen molar-refractivity contribution >= 4 is 5.97 Å². The summed E-state index contributed by atoms with van der Waals surface area (Å²) in [5.74, 6) is -0.215. The summed E-state index contributed by atoms with van der Waals surface area (Å²) in [5, 5.41) is 0. The van der Waals surface area contributed by atoms with Crippen molar-refractivity contribution in [1.82, 2.24) is 0 Å². The summed E-state index contributed by atoms with van der Waals surface area (Å²) in [4.78, 5) is 12.2. The van der Waals surface area contributed by atoms with Crippen LogP contribution in [0.5, 0.6) is 0 Å². The smallest absolute Gasteiger partial charge is 0.308 e. The Kier molecular flexibility index (Phi) is 12.4. The molecule has 4 heteroatoms. The number of hydrogen-bond donors (Lipinski definition) is 0. The Bertz CT molecular complexity index is 442. The predicted molar refractivity (Wildman–Crippen MR) is 111 cm³/mol. The molecule has 1 unspecified atom stereocenters. The predicted octanol–water partition coefficient (Wildman–Crippen LogP) is 6.10. The van der Waals surface area contributed by atoms with E-state index in [2.05, 4.69) is 31.2 Å². The van der Waals surface area contributed by atoms with Crippen molar-refractivity contribution in [2.45, 2.75) is 110 Å². The lowest BCUT2D eigenvalue weighted by atomic mass is 10.1. The molecule has 0 spiro atoms. The van der Waals surface area contributed by atoms with Crippen molar-refractivity contribution in [3.05, 3.63) is 24.3 Å². The van der Waals surface area contributed by atoms with Crippen LogP contribution in [0, 0.1) is 0 Å². The van der Waals surface area contributed by atoms with Gasteiger partial charge in [-0.15, -0.1) is 0 Å². The summed E-state index contributed by atoms with van der Waals surface area (Å²) >= 11 is 0. The molecule has 4 nitrogen and oxygen atoms in total. The number of allylic oxidation sites excluding steroid dienone is 3. The van der Waals surface area contributed by atoms with E-state index < -0.39 is 5.60 Å². The molecule has 0 saturated carbocycles. The fraction of sp³-hybridized carbons (Fsp3) is 0.783. The minimum Gasteiger partial charge on any atom is -0.460 e. The Hall–Kier alpha value is -1.13. The van der Waals surface area contributed by atoms with E-state index in [4.69, 9.17) is 14.2 Å². The summed E-state index contributed by atoms with van der Waals surface area (Å²) in [7, 11) is 0. The molecule has 0 aliphatic carbocycles. The lowest BCUT2D eigenvalue weighted by Crippen LogP contribution is -2.31. The first kappa shape index (κ1) is 23.9. The van der Waals surface area contributed by atoms with Gasteiger partial charge in [-0.2, -0.15) is 0 Å². The van der Waals surface area contributed by atoms with E-state index in [0.717, 1.165) is 38.7 Å². The Labute approximate surface area is 166 Å². The van der Waals surface area contributed by atoms with Crippen molar-refractivity contribution in [3.63, 3.8) is 0 Å². The Balaban J connectivity index is 2.42. The molecule has 1 saturated heterocycles. The topological polar surface area (TPSA) is 44.8 Å². The highest BCUT2D eigenvalue weighted by atomic mass is 16.7. The van der Waals surface area contributed by atoms with Gasteiger partial charge in [0.1, 0.15) is 5.60 Å². The second kappa shape index (κ2) is 14.0. The van der Waals surface area contributed by atoms with Crippen LogP contribution in [0.15, 0.2) is 24.3 Å². The van der Waals surface area contributed by atoms with Gasteiger partial charge in [-0.05, 0) is 65.7 Å². The van der Waals surface area contributed by atoms with Crippen LogP contribution in [-0.2, 0) is 19.0 Å². The average Bonchev–Trinajstić information content (AvgIpc) is 2.59. The lowest BCUT2D eigenvalue weighted by Gasteiger charge is -2.28. The third-order valence-electron chi connectivity index (χ3n) is 4.28. The maximum absolute atomic E-state index is 12.2. The lowest BCUT2D eigenvalue weighted by molar-refractivity contribution is -0.194. The normalized spacial score (nSPS) is 19.6.